The van der Waals surface area contributed by atoms with E-state index in [0.29, 0.717) is 42.9 Å². The van der Waals surface area contributed by atoms with Gasteiger partial charge in [-0.05, 0) is 24.5 Å². The van der Waals surface area contributed by atoms with Crippen LogP contribution in [-0.4, -0.2) is 46.1 Å². The molecule has 30 heavy (non-hydrogen) atoms. The van der Waals surface area contributed by atoms with Crippen molar-refractivity contribution in [2.24, 2.45) is 0 Å². The lowest BCUT2D eigenvalue weighted by molar-refractivity contribution is 0.0703. The minimum Gasteiger partial charge on any atom is -0.481 e. The predicted octanol–water partition coefficient (Wildman–Crippen LogP) is 3.21. The van der Waals surface area contributed by atoms with Gasteiger partial charge in [-0.1, -0.05) is 35.5 Å². The zero-order valence-electron chi connectivity index (χ0n) is 16.9. The molecule has 1 aromatic carbocycles. The van der Waals surface area contributed by atoms with E-state index in [1.807, 2.05) is 35.2 Å². The Morgan fingerprint density at radius 3 is 2.83 bits per heavy atom. The van der Waals surface area contributed by atoms with Crippen molar-refractivity contribution < 1.29 is 18.8 Å². The Morgan fingerprint density at radius 1 is 1.20 bits per heavy atom. The van der Waals surface area contributed by atoms with Crippen molar-refractivity contribution in [2.45, 2.75) is 32.0 Å². The number of methoxy groups -OCH3 is 1. The van der Waals surface area contributed by atoms with Gasteiger partial charge in [-0.2, -0.15) is 4.98 Å². The van der Waals surface area contributed by atoms with Gasteiger partial charge in [-0.15, -0.1) is 0 Å². The first kappa shape index (κ1) is 20.0. The molecule has 3 heterocycles. The summed E-state index contributed by atoms with van der Waals surface area (Å²) in [6, 6.07) is 13.3. The summed E-state index contributed by atoms with van der Waals surface area (Å²) in [5.41, 5.74) is 1.63. The molecule has 1 unspecified atom stereocenters. The number of rotatable bonds is 7. The zero-order valence-corrected chi connectivity index (χ0v) is 16.9. The number of aromatic nitrogens is 3. The number of nitrogens with zero attached hydrogens (tertiary/aromatic N) is 4. The lowest BCUT2D eigenvalue weighted by atomic mass is 9.97. The molecule has 0 saturated carbocycles. The number of pyridine rings is 1. The molecule has 0 radical (unpaired) electrons. The highest BCUT2D eigenvalue weighted by molar-refractivity contribution is 5.94. The van der Waals surface area contributed by atoms with Crippen LogP contribution in [0.4, 0.5) is 0 Å². The van der Waals surface area contributed by atoms with Crippen LogP contribution in [0.2, 0.25) is 0 Å². The van der Waals surface area contributed by atoms with E-state index in [1.54, 1.807) is 25.4 Å². The lowest BCUT2D eigenvalue weighted by Gasteiger charge is -2.31. The van der Waals surface area contributed by atoms with Crippen LogP contribution in [0.15, 0.2) is 53.2 Å². The second-order valence-electron chi connectivity index (χ2n) is 7.20. The Labute approximate surface area is 174 Å². The second-order valence-corrected chi connectivity index (χ2v) is 7.20. The fourth-order valence-corrected chi connectivity index (χ4v) is 3.51. The topological polar surface area (TPSA) is 90.6 Å². The lowest BCUT2D eigenvalue weighted by Crippen LogP contribution is -2.39. The predicted molar refractivity (Wildman–Crippen MR) is 108 cm³/mol. The molecule has 8 heteroatoms. The molecule has 1 fully saturated rings. The zero-order chi connectivity index (χ0) is 20.8. The average molecular weight is 408 g/mol. The standard InChI is InChI=1S/C22H24N4O4/c1-28-19-10-9-17(12-23-19)22(27)26-11-5-8-18(13-26)21-24-20(30-25-21)15-29-14-16-6-3-2-4-7-16/h2-4,6-7,9-10,12,18H,5,8,11,13-15H2,1H3. The number of carbonyl (C=O) groups excluding carboxylic acids is 1. The number of carbonyl (C=O) groups is 1. The summed E-state index contributed by atoms with van der Waals surface area (Å²) < 4.78 is 16.1. The van der Waals surface area contributed by atoms with Crippen LogP contribution in [0.1, 0.15) is 46.4 Å². The van der Waals surface area contributed by atoms with Gasteiger partial charge < -0.3 is 18.9 Å². The molecule has 2 aromatic heterocycles. The van der Waals surface area contributed by atoms with Crippen LogP contribution in [0.25, 0.3) is 0 Å². The third kappa shape index (κ3) is 4.83. The quantitative estimate of drug-likeness (QED) is 0.593. The first-order valence-electron chi connectivity index (χ1n) is 9.96. The minimum atomic E-state index is -0.0511. The van der Waals surface area contributed by atoms with Gasteiger partial charge in [0.25, 0.3) is 11.8 Å². The molecule has 0 bridgehead atoms. The van der Waals surface area contributed by atoms with Crippen molar-refractivity contribution >= 4 is 5.91 Å². The first-order valence-corrected chi connectivity index (χ1v) is 9.96. The van der Waals surface area contributed by atoms with Gasteiger partial charge in [0.2, 0.25) is 5.88 Å². The van der Waals surface area contributed by atoms with E-state index in [2.05, 4.69) is 15.1 Å². The SMILES string of the molecule is COc1ccc(C(=O)N2CCCC(c3noc(COCc4ccccc4)n3)C2)cn1. The van der Waals surface area contributed by atoms with Crippen LogP contribution in [0.3, 0.4) is 0 Å². The molecule has 1 aliphatic heterocycles. The van der Waals surface area contributed by atoms with Crippen molar-refractivity contribution in [3.05, 3.63) is 71.5 Å². The van der Waals surface area contributed by atoms with Gasteiger partial charge in [-0.25, -0.2) is 4.98 Å². The van der Waals surface area contributed by atoms with Crippen molar-refractivity contribution in [3.8, 4) is 5.88 Å². The maximum Gasteiger partial charge on any atom is 0.255 e. The number of amides is 1. The Bertz CT molecular complexity index is 959. The fourth-order valence-electron chi connectivity index (χ4n) is 3.51. The fraction of sp³-hybridized carbons (Fsp3) is 0.364. The molecule has 3 aromatic rings. The van der Waals surface area contributed by atoms with E-state index in [9.17, 15) is 4.79 Å². The summed E-state index contributed by atoms with van der Waals surface area (Å²) in [7, 11) is 1.55. The Morgan fingerprint density at radius 2 is 2.07 bits per heavy atom. The summed E-state index contributed by atoms with van der Waals surface area (Å²) in [5, 5.41) is 4.12. The van der Waals surface area contributed by atoms with E-state index in [1.165, 1.54) is 0 Å². The molecule has 0 aliphatic carbocycles. The first-order chi connectivity index (χ1) is 14.7. The molecule has 1 atom stereocenters. The van der Waals surface area contributed by atoms with Gasteiger partial charge in [0, 0.05) is 31.3 Å². The van der Waals surface area contributed by atoms with Gasteiger partial charge in [0.15, 0.2) is 5.82 Å². The van der Waals surface area contributed by atoms with E-state index in [0.717, 1.165) is 18.4 Å². The third-order valence-corrected chi connectivity index (χ3v) is 5.09. The second kappa shape index (κ2) is 9.49. The Kier molecular flexibility index (Phi) is 6.34. The smallest absolute Gasteiger partial charge is 0.255 e. The molecule has 1 amide bonds. The average Bonchev–Trinajstić information content (AvgIpc) is 3.28. The largest absolute Gasteiger partial charge is 0.481 e. The maximum absolute atomic E-state index is 12.8. The van der Waals surface area contributed by atoms with Crippen molar-refractivity contribution in [1.82, 2.24) is 20.0 Å². The molecule has 1 aliphatic rings. The summed E-state index contributed by atoms with van der Waals surface area (Å²) in [5.74, 6) is 1.55. The highest BCUT2D eigenvalue weighted by Gasteiger charge is 2.28. The third-order valence-electron chi connectivity index (χ3n) is 5.09. The Hall–Kier alpha value is -3.26. The molecule has 4 rings (SSSR count). The summed E-state index contributed by atoms with van der Waals surface area (Å²) >= 11 is 0. The minimum absolute atomic E-state index is 0.0422. The van der Waals surface area contributed by atoms with E-state index in [4.69, 9.17) is 14.0 Å². The van der Waals surface area contributed by atoms with Gasteiger partial charge in [-0.3, -0.25) is 4.79 Å². The van der Waals surface area contributed by atoms with Gasteiger partial charge in [0.1, 0.15) is 6.61 Å². The monoisotopic (exact) mass is 408 g/mol. The number of ether oxygens (including phenoxy) is 2. The molecule has 0 spiro atoms. The van der Waals surface area contributed by atoms with Crippen LogP contribution in [0.5, 0.6) is 5.88 Å². The van der Waals surface area contributed by atoms with Crippen molar-refractivity contribution in [3.63, 3.8) is 0 Å². The molecule has 1 saturated heterocycles. The number of likely N-dealkylation sites (tertiary alicyclic amines) is 1. The van der Waals surface area contributed by atoms with Crippen molar-refractivity contribution in [2.75, 3.05) is 20.2 Å². The molecule has 156 valence electrons. The van der Waals surface area contributed by atoms with Crippen LogP contribution < -0.4 is 4.74 Å². The van der Waals surface area contributed by atoms with Crippen LogP contribution in [0, 0.1) is 0 Å². The highest BCUT2D eigenvalue weighted by atomic mass is 16.5. The number of piperidine rings is 1. The molecular formula is C22H24N4O4. The summed E-state index contributed by atoms with van der Waals surface area (Å²) in [6.45, 7) is 2.00. The van der Waals surface area contributed by atoms with E-state index >= 15 is 0 Å². The van der Waals surface area contributed by atoms with Crippen LogP contribution >= 0.6 is 0 Å². The van der Waals surface area contributed by atoms with Gasteiger partial charge in [0.05, 0.1) is 19.3 Å². The highest BCUT2D eigenvalue weighted by Crippen LogP contribution is 2.26. The molecular weight excluding hydrogens is 384 g/mol. The number of hydrogen-bond acceptors (Lipinski definition) is 7. The summed E-state index contributed by atoms with van der Waals surface area (Å²) in [4.78, 5) is 23.2. The van der Waals surface area contributed by atoms with Crippen LogP contribution in [-0.2, 0) is 18.0 Å². The Balaban J connectivity index is 1.33. The van der Waals surface area contributed by atoms with Gasteiger partial charge >= 0.3 is 0 Å². The van der Waals surface area contributed by atoms with Crippen molar-refractivity contribution in [1.29, 1.82) is 0 Å². The normalized spacial score (nSPS) is 16.4. The molecule has 0 N–H and O–H groups in total. The molecule has 8 nitrogen and oxygen atoms in total. The number of benzene rings is 1. The van der Waals surface area contributed by atoms with E-state index < -0.39 is 0 Å². The maximum atomic E-state index is 12.8. The summed E-state index contributed by atoms with van der Waals surface area (Å²) in [6.07, 6.45) is 3.34. The van der Waals surface area contributed by atoms with E-state index in [-0.39, 0.29) is 18.4 Å². The number of hydrogen-bond donors (Lipinski definition) is 0.